The monoisotopic (exact) mass is 283 g/mol. The minimum absolute atomic E-state index is 0.500. The summed E-state index contributed by atoms with van der Waals surface area (Å²) in [7, 11) is 0. The number of halogens is 1. The second kappa shape index (κ2) is 4.25. The summed E-state index contributed by atoms with van der Waals surface area (Å²) in [5.41, 5.74) is 11.8. The third kappa shape index (κ3) is 1.70. The number of aryl methyl sites for hydroxylation is 2. The number of hydrogen-bond donors (Lipinski definition) is 1. The third-order valence-corrected chi connectivity index (χ3v) is 4.22. The first-order valence-electron chi connectivity index (χ1n) is 6.78. The summed E-state index contributed by atoms with van der Waals surface area (Å²) in [5, 5.41) is 0.694. The summed E-state index contributed by atoms with van der Waals surface area (Å²) in [6, 6.07) is 12.2. The maximum atomic E-state index is 6.10. The molecule has 20 heavy (non-hydrogen) atoms. The molecule has 1 aliphatic carbocycles. The van der Waals surface area contributed by atoms with E-state index in [0.717, 1.165) is 23.1 Å². The van der Waals surface area contributed by atoms with E-state index >= 15 is 0 Å². The van der Waals surface area contributed by atoms with Crippen LogP contribution in [-0.2, 0) is 12.8 Å². The topological polar surface area (TPSA) is 43.8 Å². The van der Waals surface area contributed by atoms with E-state index in [4.69, 9.17) is 17.3 Å². The maximum Gasteiger partial charge on any atom is 0.205 e. The van der Waals surface area contributed by atoms with Crippen LogP contribution in [0.5, 0.6) is 0 Å². The zero-order chi connectivity index (χ0) is 13.7. The molecule has 2 aromatic carbocycles. The van der Waals surface area contributed by atoms with Gasteiger partial charge >= 0.3 is 0 Å². The van der Waals surface area contributed by atoms with Gasteiger partial charge in [0.1, 0.15) is 0 Å². The number of aromatic nitrogens is 2. The molecular weight excluding hydrogens is 270 g/mol. The molecule has 0 spiro atoms. The number of hydrogen-bond acceptors (Lipinski definition) is 2. The number of fused-ring (bicyclic) bond motifs is 2. The second-order valence-corrected chi connectivity index (χ2v) is 5.68. The molecule has 0 bridgehead atoms. The average Bonchev–Trinajstić information content (AvgIpc) is 3.00. The minimum Gasteiger partial charge on any atom is -0.369 e. The predicted molar refractivity (Wildman–Crippen MR) is 82.5 cm³/mol. The molecule has 0 saturated heterocycles. The Morgan fingerprint density at radius 3 is 2.80 bits per heavy atom. The quantitative estimate of drug-likeness (QED) is 0.739. The van der Waals surface area contributed by atoms with E-state index < -0.39 is 0 Å². The summed E-state index contributed by atoms with van der Waals surface area (Å²) in [5.74, 6) is 0.500. The summed E-state index contributed by atoms with van der Waals surface area (Å²) in [6.07, 6.45) is 3.57. The number of imidazole rings is 1. The van der Waals surface area contributed by atoms with Gasteiger partial charge in [-0.05, 0) is 60.7 Å². The van der Waals surface area contributed by atoms with Crippen molar-refractivity contribution in [3.8, 4) is 5.69 Å². The van der Waals surface area contributed by atoms with E-state index in [1.54, 1.807) is 0 Å². The van der Waals surface area contributed by atoms with E-state index in [0.29, 0.717) is 11.0 Å². The Morgan fingerprint density at radius 2 is 1.90 bits per heavy atom. The van der Waals surface area contributed by atoms with Crippen LogP contribution in [0.4, 0.5) is 5.95 Å². The van der Waals surface area contributed by atoms with Crippen LogP contribution in [0.2, 0.25) is 5.02 Å². The molecule has 4 rings (SSSR count). The van der Waals surface area contributed by atoms with E-state index in [-0.39, 0.29) is 0 Å². The molecule has 0 saturated carbocycles. The van der Waals surface area contributed by atoms with Gasteiger partial charge in [-0.2, -0.15) is 0 Å². The molecule has 2 N–H and O–H groups in total. The van der Waals surface area contributed by atoms with Crippen molar-refractivity contribution in [2.75, 3.05) is 5.73 Å². The van der Waals surface area contributed by atoms with Gasteiger partial charge in [0.15, 0.2) is 0 Å². The first-order valence-corrected chi connectivity index (χ1v) is 7.16. The summed E-state index contributed by atoms with van der Waals surface area (Å²) < 4.78 is 1.97. The van der Waals surface area contributed by atoms with Crippen molar-refractivity contribution in [2.45, 2.75) is 19.3 Å². The van der Waals surface area contributed by atoms with Crippen molar-refractivity contribution < 1.29 is 0 Å². The lowest BCUT2D eigenvalue weighted by atomic mass is 10.1. The lowest BCUT2D eigenvalue weighted by Crippen LogP contribution is -2.01. The molecule has 0 aliphatic heterocycles. The fraction of sp³-hybridized carbons (Fsp3) is 0.188. The lowest BCUT2D eigenvalue weighted by molar-refractivity contribution is 0.911. The van der Waals surface area contributed by atoms with Crippen LogP contribution >= 0.6 is 11.6 Å². The molecule has 4 heteroatoms. The number of nitrogen functional groups attached to an aromatic ring is 1. The SMILES string of the molecule is Nc1nc2ccc(Cl)cc2n1-c1ccc2c(c1)CCC2. The van der Waals surface area contributed by atoms with Gasteiger partial charge in [0, 0.05) is 10.7 Å². The van der Waals surface area contributed by atoms with Gasteiger partial charge in [-0.25, -0.2) is 4.98 Å². The number of rotatable bonds is 1. The average molecular weight is 284 g/mol. The third-order valence-electron chi connectivity index (χ3n) is 3.98. The van der Waals surface area contributed by atoms with Gasteiger partial charge in [0.2, 0.25) is 5.95 Å². The van der Waals surface area contributed by atoms with E-state index in [1.807, 2.05) is 22.8 Å². The highest BCUT2D eigenvalue weighted by Gasteiger charge is 2.15. The van der Waals surface area contributed by atoms with Crippen molar-refractivity contribution in [1.82, 2.24) is 9.55 Å². The Hall–Kier alpha value is -2.00. The van der Waals surface area contributed by atoms with Crippen LogP contribution in [0.3, 0.4) is 0 Å². The standard InChI is InChI=1S/C16H14ClN3/c17-12-5-7-14-15(9-12)20(16(18)19-14)13-6-4-10-2-1-3-11(10)8-13/h4-9H,1-3H2,(H2,18,19). The second-order valence-electron chi connectivity index (χ2n) is 5.25. The number of nitrogens with two attached hydrogens (primary N) is 1. The summed E-state index contributed by atoms with van der Waals surface area (Å²) in [6.45, 7) is 0. The number of anilines is 1. The fourth-order valence-electron chi connectivity index (χ4n) is 3.04. The van der Waals surface area contributed by atoms with E-state index in [2.05, 4.69) is 23.2 Å². The molecule has 3 aromatic rings. The Labute approximate surface area is 122 Å². The number of nitrogens with zero attached hydrogens (tertiary/aromatic N) is 2. The summed E-state index contributed by atoms with van der Waals surface area (Å²) in [4.78, 5) is 4.41. The van der Waals surface area contributed by atoms with Crippen molar-refractivity contribution in [3.05, 3.63) is 52.5 Å². The normalized spacial score (nSPS) is 13.8. The van der Waals surface area contributed by atoms with Crippen molar-refractivity contribution in [1.29, 1.82) is 0 Å². The minimum atomic E-state index is 0.500. The Morgan fingerprint density at radius 1 is 1.05 bits per heavy atom. The number of benzene rings is 2. The van der Waals surface area contributed by atoms with Crippen LogP contribution in [-0.4, -0.2) is 9.55 Å². The molecule has 3 nitrogen and oxygen atoms in total. The lowest BCUT2D eigenvalue weighted by Gasteiger charge is -2.09. The van der Waals surface area contributed by atoms with Crippen molar-refractivity contribution in [2.24, 2.45) is 0 Å². The molecule has 0 atom stereocenters. The highest BCUT2D eigenvalue weighted by molar-refractivity contribution is 6.31. The summed E-state index contributed by atoms with van der Waals surface area (Å²) >= 11 is 6.10. The molecule has 1 aromatic heterocycles. The predicted octanol–water partition coefficient (Wildman–Crippen LogP) is 3.75. The van der Waals surface area contributed by atoms with Gasteiger partial charge in [-0.15, -0.1) is 0 Å². The molecule has 1 heterocycles. The molecular formula is C16H14ClN3. The van der Waals surface area contributed by atoms with Crippen molar-refractivity contribution >= 4 is 28.6 Å². The molecule has 100 valence electrons. The first kappa shape index (κ1) is 11.8. The van der Waals surface area contributed by atoms with Gasteiger partial charge in [-0.3, -0.25) is 4.57 Å². The van der Waals surface area contributed by atoms with Gasteiger partial charge in [-0.1, -0.05) is 17.7 Å². The molecule has 1 aliphatic rings. The largest absolute Gasteiger partial charge is 0.369 e. The molecule has 0 unspecified atom stereocenters. The van der Waals surface area contributed by atoms with E-state index in [9.17, 15) is 0 Å². The van der Waals surface area contributed by atoms with Crippen LogP contribution in [0, 0.1) is 0 Å². The molecule has 0 amide bonds. The van der Waals surface area contributed by atoms with Gasteiger partial charge in [0.05, 0.1) is 11.0 Å². The first-order chi connectivity index (χ1) is 9.72. The van der Waals surface area contributed by atoms with Crippen molar-refractivity contribution in [3.63, 3.8) is 0 Å². The fourth-order valence-corrected chi connectivity index (χ4v) is 3.20. The smallest absolute Gasteiger partial charge is 0.205 e. The van der Waals surface area contributed by atoms with Crippen LogP contribution in [0.25, 0.3) is 16.7 Å². The Balaban J connectivity index is 1.97. The highest BCUT2D eigenvalue weighted by Crippen LogP contribution is 2.29. The highest BCUT2D eigenvalue weighted by atomic mass is 35.5. The van der Waals surface area contributed by atoms with Crippen LogP contribution < -0.4 is 5.73 Å². The Bertz CT molecular complexity index is 820. The van der Waals surface area contributed by atoms with Gasteiger partial charge in [0.25, 0.3) is 0 Å². The molecule has 0 fully saturated rings. The zero-order valence-corrected chi connectivity index (χ0v) is 11.7. The Kier molecular flexibility index (Phi) is 2.51. The van der Waals surface area contributed by atoms with E-state index in [1.165, 1.54) is 24.0 Å². The van der Waals surface area contributed by atoms with Crippen LogP contribution in [0.15, 0.2) is 36.4 Å². The van der Waals surface area contributed by atoms with Gasteiger partial charge < -0.3 is 5.73 Å². The van der Waals surface area contributed by atoms with Crippen LogP contribution in [0.1, 0.15) is 17.5 Å². The maximum absolute atomic E-state index is 6.10. The molecule has 0 radical (unpaired) electrons. The zero-order valence-electron chi connectivity index (χ0n) is 10.9.